The summed E-state index contributed by atoms with van der Waals surface area (Å²) in [5.41, 5.74) is 2.62. The molecule has 18 heavy (non-hydrogen) atoms. The molecule has 2 heterocycles. The average molecular weight is 244 g/mol. The molecule has 0 aliphatic carbocycles. The van der Waals surface area contributed by atoms with E-state index in [1.165, 1.54) is 6.07 Å². The molecule has 0 fully saturated rings. The third-order valence-electron chi connectivity index (χ3n) is 2.93. The van der Waals surface area contributed by atoms with Crippen molar-refractivity contribution in [2.45, 2.75) is 13.5 Å². The lowest BCUT2D eigenvalue weighted by molar-refractivity contribution is 0.585. The van der Waals surface area contributed by atoms with E-state index in [0.717, 1.165) is 11.3 Å². The molecule has 1 N–H and O–H groups in total. The summed E-state index contributed by atoms with van der Waals surface area (Å²) in [6, 6.07) is 8.54. The van der Waals surface area contributed by atoms with Crippen molar-refractivity contribution in [1.29, 1.82) is 5.26 Å². The van der Waals surface area contributed by atoms with Crippen molar-refractivity contribution in [3.8, 4) is 6.07 Å². The van der Waals surface area contributed by atoms with Crippen LogP contribution in [0.1, 0.15) is 17.0 Å². The minimum Gasteiger partial charge on any atom is -0.366 e. The number of hydrogen-bond acceptors (Lipinski definition) is 3. The van der Waals surface area contributed by atoms with E-state index in [-0.39, 0.29) is 0 Å². The maximum Gasteiger partial charge on any atom is 0.214 e. The summed E-state index contributed by atoms with van der Waals surface area (Å²) in [6.07, 6.45) is 0. The Morgan fingerprint density at radius 2 is 2.28 bits per heavy atom. The Kier molecular flexibility index (Phi) is 3.28. The highest BCUT2D eigenvalue weighted by Crippen LogP contribution is 2.15. The SMILES string of the molecule is Cc1c(CNc2cccc(F)n2)cc(C#N)n1C. The first kappa shape index (κ1) is 12.1. The molecule has 2 rings (SSSR count). The van der Waals surface area contributed by atoms with Gasteiger partial charge in [-0.3, -0.25) is 0 Å². The average Bonchev–Trinajstić information content (AvgIpc) is 2.64. The summed E-state index contributed by atoms with van der Waals surface area (Å²) in [6.45, 7) is 2.45. The van der Waals surface area contributed by atoms with Gasteiger partial charge in [0.15, 0.2) is 0 Å². The van der Waals surface area contributed by atoms with Gasteiger partial charge >= 0.3 is 0 Å². The molecular weight excluding hydrogens is 231 g/mol. The molecule has 0 aromatic carbocycles. The van der Waals surface area contributed by atoms with Crippen molar-refractivity contribution in [2.75, 3.05) is 5.32 Å². The maximum atomic E-state index is 12.9. The standard InChI is InChI=1S/C13H13FN4/c1-9-10(6-11(7-15)18(9)2)8-16-13-5-3-4-12(14)17-13/h3-6H,8H2,1-2H3,(H,16,17). The summed E-state index contributed by atoms with van der Waals surface area (Å²) < 4.78 is 14.7. The summed E-state index contributed by atoms with van der Waals surface area (Å²) in [5, 5.41) is 12.0. The Balaban J connectivity index is 2.14. The number of halogens is 1. The van der Waals surface area contributed by atoms with E-state index < -0.39 is 5.95 Å². The number of pyridine rings is 1. The van der Waals surface area contributed by atoms with Gasteiger partial charge in [-0.25, -0.2) is 4.98 Å². The molecule has 0 spiro atoms. The summed E-state index contributed by atoms with van der Waals surface area (Å²) in [7, 11) is 1.85. The molecule has 0 bridgehead atoms. The molecule has 92 valence electrons. The molecular formula is C13H13FN4. The van der Waals surface area contributed by atoms with Crippen molar-refractivity contribution < 1.29 is 4.39 Å². The van der Waals surface area contributed by atoms with Gasteiger partial charge in [-0.15, -0.1) is 0 Å². The van der Waals surface area contributed by atoms with E-state index in [4.69, 9.17) is 5.26 Å². The van der Waals surface area contributed by atoms with Crippen LogP contribution in [-0.2, 0) is 13.6 Å². The number of aromatic nitrogens is 2. The molecule has 2 aromatic heterocycles. The molecule has 0 radical (unpaired) electrons. The number of hydrogen-bond donors (Lipinski definition) is 1. The number of nitrogens with zero attached hydrogens (tertiary/aromatic N) is 3. The molecule has 0 amide bonds. The van der Waals surface area contributed by atoms with Gasteiger partial charge in [-0.1, -0.05) is 6.07 Å². The fraction of sp³-hybridized carbons (Fsp3) is 0.231. The van der Waals surface area contributed by atoms with Gasteiger partial charge in [0.25, 0.3) is 0 Å². The van der Waals surface area contributed by atoms with Crippen molar-refractivity contribution in [1.82, 2.24) is 9.55 Å². The topological polar surface area (TPSA) is 53.6 Å². The van der Waals surface area contributed by atoms with E-state index in [9.17, 15) is 4.39 Å². The number of nitrogens with one attached hydrogen (secondary N) is 1. The van der Waals surface area contributed by atoms with Crippen LogP contribution in [0, 0.1) is 24.2 Å². The smallest absolute Gasteiger partial charge is 0.214 e. The first-order chi connectivity index (χ1) is 8.61. The van der Waals surface area contributed by atoms with Crippen LogP contribution in [-0.4, -0.2) is 9.55 Å². The fourth-order valence-electron chi connectivity index (χ4n) is 1.74. The highest BCUT2D eigenvalue weighted by atomic mass is 19.1. The molecule has 2 aromatic rings. The normalized spacial score (nSPS) is 10.1. The summed E-state index contributed by atoms with van der Waals surface area (Å²) in [5.74, 6) is -0.0285. The molecule has 0 aliphatic heterocycles. The Labute approximate surface area is 105 Å². The van der Waals surface area contributed by atoms with Crippen molar-refractivity contribution in [3.05, 3.63) is 47.2 Å². The van der Waals surface area contributed by atoms with E-state index in [0.29, 0.717) is 18.1 Å². The highest BCUT2D eigenvalue weighted by Gasteiger charge is 2.08. The molecule has 0 saturated heterocycles. The van der Waals surface area contributed by atoms with Gasteiger partial charge in [0, 0.05) is 19.3 Å². The zero-order chi connectivity index (χ0) is 13.1. The van der Waals surface area contributed by atoms with Crippen molar-refractivity contribution in [2.24, 2.45) is 7.05 Å². The van der Waals surface area contributed by atoms with Crippen LogP contribution in [0.5, 0.6) is 0 Å². The number of rotatable bonds is 3. The van der Waals surface area contributed by atoms with Gasteiger partial charge in [0.2, 0.25) is 5.95 Å². The third-order valence-corrected chi connectivity index (χ3v) is 2.93. The number of nitriles is 1. The zero-order valence-corrected chi connectivity index (χ0v) is 10.2. The summed E-state index contributed by atoms with van der Waals surface area (Å²) in [4.78, 5) is 3.72. The fourth-order valence-corrected chi connectivity index (χ4v) is 1.74. The van der Waals surface area contributed by atoms with Crippen LogP contribution >= 0.6 is 0 Å². The van der Waals surface area contributed by atoms with Crippen molar-refractivity contribution in [3.63, 3.8) is 0 Å². The second-order valence-corrected chi connectivity index (χ2v) is 4.01. The third kappa shape index (κ3) is 2.33. The van der Waals surface area contributed by atoms with E-state index >= 15 is 0 Å². The molecule has 5 heteroatoms. The molecule has 0 atom stereocenters. The van der Waals surface area contributed by atoms with E-state index in [1.54, 1.807) is 12.1 Å². The Hall–Kier alpha value is -2.35. The van der Waals surface area contributed by atoms with Crippen LogP contribution in [0.15, 0.2) is 24.3 Å². The van der Waals surface area contributed by atoms with Gasteiger partial charge < -0.3 is 9.88 Å². The van der Waals surface area contributed by atoms with Gasteiger partial charge in [-0.2, -0.15) is 9.65 Å². The quantitative estimate of drug-likeness (QED) is 0.843. The first-order valence-corrected chi connectivity index (χ1v) is 5.53. The lowest BCUT2D eigenvalue weighted by Crippen LogP contribution is -2.03. The molecule has 0 aliphatic rings. The Morgan fingerprint density at radius 3 is 2.89 bits per heavy atom. The minimum atomic E-state index is -0.512. The number of anilines is 1. The predicted molar refractivity (Wildman–Crippen MR) is 66.4 cm³/mol. The van der Waals surface area contributed by atoms with Crippen LogP contribution in [0.4, 0.5) is 10.2 Å². The molecule has 4 nitrogen and oxygen atoms in total. The lowest BCUT2D eigenvalue weighted by Gasteiger charge is -2.05. The Bertz CT molecular complexity index is 610. The Morgan fingerprint density at radius 1 is 1.50 bits per heavy atom. The first-order valence-electron chi connectivity index (χ1n) is 5.53. The van der Waals surface area contributed by atoms with Gasteiger partial charge in [0.1, 0.15) is 17.6 Å². The second kappa shape index (κ2) is 4.88. The maximum absolute atomic E-state index is 12.9. The van der Waals surface area contributed by atoms with E-state index in [2.05, 4.69) is 16.4 Å². The zero-order valence-electron chi connectivity index (χ0n) is 10.2. The monoisotopic (exact) mass is 244 g/mol. The largest absolute Gasteiger partial charge is 0.366 e. The van der Waals surface area contributed by atoms with E-state index in [1.807, 2.05) is 24.6 Å². The van der Waals surface area contributed by atoms with Gasteiger partial charge in [0.05, 0.1) is 0 Å². The predicted octanol–water partition coefficient (Wildman–Crippen LogP) is 2.35. The molecule has 0 saturated carbocycles. The van der Waals surface area contributed by atoms with Crippen LogP contribution in [0.2, 0.25) is 0 Å². The van der Waals surface area contributed by atoms with Crippen LogP contribution < -0.4 is 5.32 Å². The van der Waals surface area contributed by atoms with Crippen LogP contribution in [0.25, 0.3) is 0 Å². The van der Waals surface area contributed by atoms with Crippen LogP contribution in [0.3, 0.4) is 0 Å². The minimum absolute atomic E-state index is 0.483. The van der Waals surface area contributed by atoms with Crippen molar-refractivity contribution >= 4 is 5.82 Å². The highest BCUT2D eigenvalue weighted by molar-refractivity contribution is 5.39. The molecule has 0 unspecified atom stereocenters. The summed E-state index contributed by atoms with van der Waals surface area (Å²) >= 11 is 0. The second-order valence-electron chi connectivity index (χ2n) is 4.01. The van der Waals surface area contributed by atoms with Gasteiger partial charge in [-0.05, 0) is 30.7 Å². The lowest BCUT2D eigenvalue weighted by atomic mass is 10.2.